The lowest BCUT2D eigenvalue weighted by molar-refractivity contribution is 0.104. The highest BCUT2D eigenvalue weighted by atomic mass is 35.5. The van der Waals surface area contributed by atoms with Gasteiger partial charge in [0, 0.05) is 16.1 Å². The van der Waals surface area contributed by atoms with Crippen LogP contribution in [0.15, 0.2) is 84.4 Å². The standard InChI is InChI=1S/C23H16ClNO2/c24-22-12-5-4-10-19(22)16-27-21-11-6-7-17(14-21)13-20(15-25)23(26)18-8-2-1-3-9-18/h1-14H,16H2. The zero-order chi connectivity index (χ0) is 19.1. The molecular formula is C23H16ClNO2. The molecule has 0 amide bonds. The van der Waals surface area contributed by atoms with Gasteiger partial charge in [-0.05, 0) is 29.8 Å². The molecule has 3 aromatic rings. The summed E-state index contributed by atoms with van der Waals surface area (Å²) in [6.45, 7) is 0.334. The van der Waals surface area contributed by atoms with E-state index < -0.39 is 0 Å². The first-order chi connectivity index (χ1) is 13.2. The highest BCUT2D eigenvalue weighted by Gasteiger charge is 2.11. The van der Waals surface area contributed by atoms with Gasteiger partial charge in [0.2, 0.25) is 5.78 Å². The van der Waals surface area contributed by atoms with Crippen LogP contribution in [0, 0.1) is 11.3 Å². The highest BCUT2D eigenvalue weighted by Crippen LogP contribution is 2.21. The topological polar surface area (TPSA) is 50.1 Å². The molecule has 3 aromatic carbocycles. The lowest BCUT2D eigenvalue weighted by atomic mass is 10.0. The van der Waals surface area contributed by atoms with Crippen LogP contribution in [0.2, 0.25) is 5.02 Å². The van der Waals surface area contributed by atoms with Crippen molar-refractivity contribution in [3.8, 4) is 11.8 Å². The average Bonchev–Trinajstić information content (AvgIpc) is 2.72. The number of carbonyl (C=O) groups excluding carboxylic acids is 1. The van der Waals surface area contributed by atoms with Crippen LogP contribution in [-0.4, -0.2) is 5.78 Å². The van der Waals surface area contributed by atoms with E-state index >= 15 is 0 Å². The summed E-state index contributed by atoms with van der Waals surface area (Å²) in [5.74, 6) is 0.327. The van der Waals surface area contributed by atoms with Gasteiger partial charge in [-0.2, -0.15) is 5.26 Å². The quantitative estimate of drug-likeness (QED) is 0.316. The zero-order valence-electron chi connectivity index (χ0n) is 14.4. The molecule has 0 heterocycles. The summed E-state index contributed by atoms with van der Waals surface area (Å²) < 4.78 is 5.79. The van der Waals surface area contributed by atoms with Crippen molar-refractivity contribution < 1.29 is 9.53 Å². The van der Waals surface area contributed by atoms with Gasteiger partial charge in [0.1, 0.15) is 24.0 Å². The monoisotopic (exact) mass is 373 g/mol. The molecule has 3 nitrogen and oxygen atoms in total. The lowest BCUT2D eigenvalue weighted by Gasteiger charge is -2.08. The minimum absolute atomic E-state index is 0.0736. The van der Waals surface area contributed by atoms with Crippen LogP contribution < -0.4 is 4.74 Å². The molecule has 132 valence electrons. The van der Waals surface area contributed by atoms with Crippen molar-refractivity contribution in [2.24, 2.45) is 0 Å². The van der Waals surface area contributed by atoms with Crippen molar-refractivity contribution in [1.29, 1.82) is 5.26 Å². The fourth-order valence-corrected chi connectivity index (χ4v) is 2.72. The van der Waals surface area contributed by atoms with Gasteiger partial charge < -0.3 is 4.74 Å². The molecule has 0 aliphatic heterocycles. The molecule has 0 aliphatic carbocycles. The van der Waals surface area contributed by atoms with Gasteiger partial charge in [0.15, 0.2) is 0 Å². The summed E-state index contributed by atoms with van der Waals surface area (Å²) in [4.78, 5) is 12.5. The second kappa shape index (κ2) is 8.84. The predicted molar refractivity (Wildman–Crippen MR) is 107 cm³/mol. The van der Waals surface area contributed by atoms with E-state index in [4.69, 9.17) is 16.3 Å². The Morgan fingerprint density at radius 1 is 1.00 bits per heavy atom. The number of allylic oxidation sites excluding steroid dienone is 1. The molecule has 3 rings (SSSR count). The van der Waals surface area contributed by atoms with Gasteiger partial charge in [-0.25, -0.2) is 0 Å². The van der Waals surface area contributed by atoms with Gasteiger partial charge in [0.05, 0.1) is 0 Å². The van der Waals surface area contributed by atoms with E-state index in [9.17, 15) is 10.1 Å². The van der Waals surface area contributed by atoms with E-state index in [2.05, 4.69) is 0 Å². The molecule has 0 N–H and O–H groups in total. The van der Waals surface area contributed by atoms with Gasteiger partial charge >= 0.3 is 0 Å². The molecular weight excluding hydrogens is 358 g/mol. The first-order valence-electron chi connectivity index (χ1n) is 8.35. The molecule has 0 fully saturated rings. The second-order valence-electron chi connectivity index (χ2n) is 5.82. The number of halogens is 1. The van der Waals surface area contributed by atoms with Crippen LogP contribution in [0.25, 0.3) is 6.08 Å². The number of benzene rings is 3. The van der Waals surface area contributed by atoms with Crippen LogP contribution in [0.3, 0.4) is 0 Å². The van der Waals surface area contributed by atoms with Gasteiger partial charge in [0.25, 0.3) is 0 Å². The number of ketones is 1. The number of Topliss-reactive ketones (excluding diaryl/α,β-unsaturated/α-hetero) is 1. The summed E-state index contributed by atoms with van der Waals surface area (Å²) in [5, 5.41) is 10.0. The highest BCUT2D eigenvalue weighted by molar-refractivity contribution is 6.31. The zero-order valence-corrected chi connectivity index (χ0v) is 15.2. The molecule has 0 spiro atoms. The molecule has 0 atom stereocenters. The van der Waals surface area contributed by atoms with E-state index in [1.165, 1.54) is 0 Å². The van der Waals surface area contributed by atoms with Gasteiger partial charge in [-0.15, -0.1) is 0 Å². The molecule has 0 bridgehead atoms. The van der Waals surface area contributed by atoms with E-state index in [1.807, 2.05) is 54.6 Å². The van der Waals surface area contributed by atoms with Crippen molar-refractivity contribution in [1.82, 2.24) is 0 Å². The summed E-state index contributed by atoms with van der Waals surface area (Å²) in [6, 6.07) is 25.4. The summed E-state index contributed by atoms with van der Waals surface area (Å²) >= 11 is 6.14. The number of nitrogens with zero attached hydrogens (tertiary/aromatic N) is 1. The van der Waals surface area contributed by atoms with Crippen LogP contribution in [-0.2, 0) is 6.61 Å². The molecule has 4 heteroatoms. The third-order valence-electron chi connectivity index (χ3n) is 3.92. The Kier molecular flexibility index (Phi) is 6.04. The Labute approximate surface area is 163 Å². The van der Waals surface area contributed by atoms with Crippen LogP contribution >= 0.6 is 11.6 Å². The largest absolute Gasteiger partial charge is 0.489 e. The average molecular weight is 374 g/mol. The fraction of sp³-hybridized carbons (Fsp3) is 0.0435. The summed E-state index contributed by atoms with van der Waals surface area (Å²) in [7, 11) is 0. The first kappa shape index (κ1) is 18.4. The Bertz CT molecular complexity index is 1020. The Balaban J connectivity index is 1.78. The third-order valence-corrected chi connectivity index (χ3v) is 4.29. The van der Waals surface area contributed by atoms with Crippen LogP contribution in [0.1, 0.15) is 21.5 Å². The smallest absolute Gasteiger partial charge is 0.203 e. The maximum Gasteiger partial charge on any atom is 0.203 e. The maximum absolute atomic E-state index is 12.5. The molecule has 0 unspecified atom stereocenters. The molecule has 27 heavy (non-hydrogen) atoms. The van der Waals surface area contributed by atoms with Gasteiger partial charge in [-0.1, -0.05) is 72.3 Å². The van der Waals surface area contributed by atoms with Crippen molar-refractivity contribution >= 4 is 23.5 Å². The van der Waals surface area contributed by atoms with Crippen LogP contribution in [0.5, 0.6) is 5.75 Å². The summed E-state index contributed by atoms with van der Waals surface area (Å²) in [5.41, 5.74) is 2.16. The van der Waals surface area contributed by atoms with E-state index in [-0.39, 0.29) is 11.4 Å². The first-order valence-corrected chi connectivity index (χ1v) is 8.73. The van der Waals surface area contributed by atoms with Crippen molar-refractivity contribution in [2.45, 2.75) is 6.61 Å². The van der Waals surface area contributed by atoms with Crippen molar-refractivity contribution in [3.05, 3.63) is 106 Å². The Morgan fingerprint density at radius 2 is 1.74 bits per heavy atom. The number of hydrogen-bond acceptors (Lipinski definition) is 3. The number of ether oxygens (including phenoxy) is 1. The predicted octanol–water partition coefficient (Wildman–Crippen LogP) is 5.71. The normalized spacial score (nSPS) is 10.9. The minimum atomic E-state index is -0.305. The van der Waals surface area contributed by atoms with Gasteiger partial charge in [-0.3, -0.25) is 4.79 Å². The molecule has 0 saturated carbocycles. The number of rotatable bonds is 6. The maximum atomic E-state index is 12.5. The number of nitriles is 1. The molecule has 0 radical (unpaired) electrons. The Morgan fingerprint density at radius 3 is 2.48 bits per heavy atom. The third kappa shape index (κ3) is 4.84. The van der Waals surface area contributed by atoms with E-state index in [0.717, 1.165) is 5.56 Å². The Hall–Kier alpha value is -3.35. The molecule has 0 saturated heterocycles. The fourth-order valence-electron chi connectivity index (χ4n) is 2.53. The SMILES string of the molecule is N#CC(=Cc1cccc(OCc2ccccc2Cl)c1)C(=O)c1ccccc1. The molecule has 0 aliphatic rings. The van der Waals surface area contributed by atoms with E-state index in [0.29, 0.717) is 28.5 Å². The van der Waals surface area contributed by atoms with Crippen molar-refractivity contribution in [2.75, 3.05) is 0 Å². The molecule has 0 aromatic heterocycles. The minimum Gasteiger partial charge on any atom is -0.489 e. The second-order valence-corrected chi connectivity index (χ2v) is 6.22. The lowest BCUT2D eigenvalue weighted by Crippen LogP contribution is -2.01. The van der Waals surface area contributed by atoms with Crippen LogP contribution in [0.4, 0.5) is 0 Å². The summed E-state index contributed by atoms with van der Waals surface area (Å²) in [6.07, 6.45) is 1.57. The number of carbonyl (C=O) groups is 1. The van der Waals surface area contributed by atoms with E-state index in [1.54, 1.807) is 36.4 Å². The number of hydrogen-bond donors (Lipinski definition) is 0. The van der Waals surface area contributed by atoms with Crippen molar-refractivity contribution in [3.63, 3.8) is 0 Å².